The molecule has 1 saturated carbocycles. The van der Waals surface area contributed by atoms with E-state index in [1.54, 1.807) is 0 Å². The van der Waals surface area contributed by atoms with Crippen molar-refractivity contribution >= 4 is 0 Å². The van der Waals surface area contributed by atoms with Gasteiger partial charge in [-0.3, -0.25) is 0 Å². The predicted molar refractivity (Wildman–Crippen MR) is 85.2 cm³/mol. The summed E-state index contributed by atoms with van der Waals surface area (Å²) in [6.07, 6.45) is 6.98. The SMILES string of the molecule is CC(C)CC1(CNCCOc2ccccc2)CCCC1. The quantitative estimate of drug-likeness (QED) is 0.716. The Kier molecular flexibility index (Phi) is 5.90. The third-order valence-corrected chi connectivity index (χ3v) is 4.30. The molecule has 2 nitrogen and oxygen atoms in total. The van der Waals surface area contributed by atoms with E-state index in [4.69, 9.17) is 4.74 Å². The van der Waals surface area contributed by atoms with Crippen LogP contribution in [0.4, 0.5) is 0 Å². The van der Waals surface area contributed by atoms with Crippen molar-refractivity contribution in [1.82, 2.24) is 5.32 Å². The van der Waals surface area contributed by atoms with Crippen LogP contribution in [0.3, 0.4) is 0 Å². The first-order chi connectivity index (χ1) is 9.70. The number of hydrogen-bond acceptors (Lipinski definition) is 2. The van der Waals surface area contributed by atoms with E-state index in [1.165, 1.54) is 32.1 Å². The molecular formula is C18H29NO. The van der Waals surface area contributed by atoms with E-state index < -0.39 is 0 Å². The molecule has 1 fully saturated rings. The van der Waals surface area contributed by atoms with Crippen molar-refractivity contribution in [3.63, 3.8) is 0 Å². The number of para-hydroxylation sites is 1. The first-order valence-corrected chi connectivity index (χ1v) is 8.09. The van der Waals surface area contributed by atoms with Crippen LogP contribution in [-0.2, 0) is 0 Å². The Labute approximate surface area is 123 Å². The number of ether oxygens (including phenoxy) is 1. The number of nitrogens with one attached hydrogen (secondary N) is 1. The summed E-state index contributed by atoms with van der Waals surface area (Å²) < 4.78 is 5.72. The van der Waals surface area contributed by atoms with Crippen molar-refractivity contribution in [2.45, 2.75) is 46.0 Å². The molecule has 1 N–H and O–H groups in total. The standard InChI is InChI=1S/C18H29NO/c1-16(2)14-18(10-6-7-11-18)15-19-12-13-20-17-8-4-3-5-9-17/h3-5,8-9,16,19H,6-7,10-15H2,1-2H3. The Bertz CT molecular complexity index is 368. The minimum absolute atomic E-state index is 0.556. The molecule has 0 spiro atoms. The van der Waals surface area contributed by atoms with Gasteiger partial charge in [0.1, 0.15) is 12.4 Å². The van der Waals surface area contributed by atoms with Gasteiger partial charge in [0, 0.05) is 13.1 Å². The van der Waals surface area contributed by atoms with Gasteiger partial charge >= 0.3 is 0 Å². The van der Waals surface area contributed by atoms with E-state index in [0.29, 0.717) is 5.41 Å². The summed E-state index contributed by atoms with van der Waals surface area (Å²) >= 11 is 0. The monoisotopic (exact) mass is 275 g/mol. The van der Waals surface area contributed by atoms with Crippen LogP contribution in [0, 0.1) is 11.3 Å². The Hall–Kier alpha value is -1.02. The van der Waals surface area contributed by atoms with Crippen LogP contribution in [0.15, 0.2) is 30.3 Å². The van der Waals surface area contributed by atoms with E-state index in [1.807, 2.05) is 30.3 Å². The maximum Gasteiger partial charge on any atom is 0.119 e. The lowest BCUT2D eigenvalue weighted by atomic mass is 9.78. The molecule has 0 aliphatic heterocycles. The molecule has 2 rings (SSSR count). The fourth-order valence-electron chi connectivity index (χ4n) is 3.56. The molecule has 1 aliphatic carbocycles. The average Bonchev–Trinajstić information content (AvgIpc) is 2.87. The van der Waals surface area contributed by atoms with Gasteiger partial charge in [-0.1, -0.05) is 44.9 Å². The van der Waals surface area contributed by atoms with E-state index in [0.717, 1.165) is 31.4 Å². The Morgan fingerprint density at radius 3 is 2.50 bits per heavy atom. The molecule has 1 aromatic rings. The largest absolute Gasteiger partial charge is 0.492 e. The molecule has 1 aliphatic rings. The third-order valence-electron chi connectivity index (χ3n) is 4.30. The van der Waals surface area contributed by atoms with Crippen LogP contribution in [0.25, 0.3) is 0 Å². The summed E-state index contributed by atoms with van der Waals surface area (Å²) in [6, 6.07) is 10.1. The van der Waals surface area contributed by atoms with Gasteiger partial charge in [-0.05, 0) is 42.7 Å². The van der Waals surface area contributed by atoms with Gasteiger partial charge in [-0.25, -0.2) is 0 Å². The molecule has 20 heavy (non-hydrogen) atoms. The van der Waals surface area contributed by atoms with Gasteiger partial charge in [0.15, 0.2) is 0 Å². The molecule has 0 radical (unpaired) electrons. The molecule has 112 valence electrons. The molecule has 0 heterocycles. The molecule has 0 unspecified atom stereocenters. The van der Waals surface area contributed by atoms with Crippen molar-refractivity contribution in [2.24, 2.45) is 11.3 Å². The van der Waals surface area contributed by atoms with Crippen LogP contribution in [0.2, 0.25) is 0 Å². The van der Waals surface area contributed by atoms with Crippen molar-refractivity contribution in [3.8, 4) is 5.75 Å². The van der Waals surface area contributed by atoms with Gasteiger partial charge in [-0.2, -0.15) is 0 Å². The first kappa shape index (κ1) is 15.4. The van der Waals surface area contributed by atoms with E-state index in [2.05, 4.69) is 19.2 Å². The minimum atomic E-state index is 0.556. The second kappa shape index (κ2) is 7.68. The molecule has 0 bridgehead atoms. The summed E-state index contributed by atoms with van der Waals surface area (Å²) in [5, 5.41) is 3.62. The highest BCUT2D eigenvalue weighted by molar-refractivity contribution is 5.20. The highest BCUT2D eigenvalue weighted by Crippen LogP contribution is 2.42. The van der Waals surface area contributed by atoms with Gasteiger partial charge in [0.2, 0.25) is 0 Å². The molecule has 0 atom stereocenters. The lowest BCUT2D eigenvalue weighted by Crippen LogP contribution is -2.35. The highest BCUT2D eigenvalue weighted by Gasteiger charge is 2.33. The van der Waals surface area contributed by atoms with E-state index in [-0.39, 0.29) is 0 Å². The third kappa shape index (κ3) is 4.82. The van der Waals surface area contributed by atoms with Crippen LogP contribution in [0.5, 0.6) is 5.75 Å². The topological polar surface area (TPSA) is 21.3 Å². The van der Waals surface area contributed by atoms with Crippen molar-refractivity contribution in [2.75, 3.05) is 19.7 Å². The maximum atomic E-state index is 5.72. The molecule has 0 aromatic heterocycles. The van der Waals surface area contributed by atoms with Gasteiger partial charge in [0.25, 0.3) is 0 Å². The van der Waals surface area contributed by atoms with Crippen molar-refractivity contribution < 1.29 is 4.74 Å². The van der Waals surface area contributed by atoms with Gasteiger partial charge < -0.3 is 10.1 Å². The number of hydrogen-bond donors (Lipinski definition) is 1. The Morgan fingerprint density at radius 2 is 1.85 bits per heavy atom. The maximum absolute atomic E-state index is 5.72. The zero-order valence-electron chi connectivity index (χ0n) is 13.0. The molecule has 1 aromatic carbocycles. The zero-order chi connectivity index (χ0) is 14.3. The van der Waals surface area contributed by atoms with Crippen molar-refractivity contribution in [3.05, 3.63) is 30.3 Å². The second-order valence-corrected chi connectivity index (χ2v) is 6.64. The van der Waals surface area contributed by atoms with Crippen LogP contribution >= 0.6 is 0 Å². The predicted octanol–water partition coefficient (Wildman–Crippen LogP) is 4.26. The van der Waals surface area contributed by atoms with Crippen LogP contribution in [-0.4, -0.2) is 19.7 Å². The van der Waals surface area contributed by atoms with E-state index in [9.17, 15) is 0 Å². The fraction of sp³-hybridized carbons (Fsp3) is 0.667. The van der Waals surface area contributed by atoms with Gasteiger partial charge in [0.05, 0.1) is 0 Å². The fourth-order valence-corrected chi connectivity index (χ4v) is 3.56. The average molecular weight is 275 g/mol. The lowest BCUT2D eigenvalue weighted by Gasteiger charge is -2.31. The normalized spacial score (nSPS) is 17.6. The first-order valence-electron chi connectivity index (χ1n) is 8.09. The number of benzene rings is 1. The Balaban J connectivity index is 1.66. The zero-order valence-corrected chi connectivity index (χ0v) is 13.0. The van der Waals surface area contributed by atoms with E-state index >= 15 is 0 Å². The summed E-state index contributed by atoms with van der Waals surface area (Å²) in [4.78, 5) is 0. The summed E-state index contributed by atoms with van der Waals surface area (Å²) in [5.74, 6) is 1.77. The number of rotatable bonds is 8. The van der Waals surface area contributed by atoms with Gasteiger partial charge in [-0.15, -0.1) is 0 Å². The molecule has 2 heteroatoms. The van der Waals surface area contributed by atoms with Crippen LogP contribution in [0.1, 0.15) is 46.0 Å². The molecule has 0 saturated heterocycles. The summed E-state index contributed by atoms with van der Waals surface area (Å²) in [6.45, 7) is 7.54. The highest BCUT2D eigenvalue weighted by atomic mass is 16.5. The summed E-state index contributed by atoms with van der Waals surface area (Å²) in [5.41, 5.74) is 0.556. The van der Waals surface area contributed by atoms with Crippen LogP contribution < -0.4 is 10.1 Å². The molecular weight excluding hydrogens is 246 g/mol. The minimum Gasteiger partial charge on any atom is -0.492 e. The summed E-state index contributed by atoms with van der Waals surface area (Å²) in [7, 11) is 0. The smallest absolute Gasteiger partial charge is 0.119 e. The van der Waals surface area contributed by atoms with Crippen molar-refractivity contribution in [1.29, 1.82) is 0 Å². The lowest BCUT2D eigenvalue weighted by molar-refractivity contribution is 0.216. The molecule has 0 amide bonds. The second-order valence-electron chi connectivity index (χ2n) is 6.64. The Morgan fingerprint density at radius 1 is 1.15 bits per heavy atom.